The maximum atomic E-state index is 12.1. The van der Waals surface area contributed by atoms with Crippen LogP contribution in [-0.2, 0) is 17.8 Å². The van der Waals surface area contributed by atoms with E-state index in [0.29, 0.717) is 17.3 Å². The fourth-order valence-electron chi connectivity index (χ4n) is 2.10. The molecule has 2 aromatic heterocycles. The number of thiophene rings is 1. The molecular formula is C18H15ClN2O2S3. The summed E-state index contributed by atoms with van der Waals surface area (Å²) >= 11 is 10.1. The highest BCUT2D eigenvalue weighted by Gasteiger charge is 2.11. The van der Waals surface area contributed by atoms with Gasteiger partial charge < -0.3 is 5.32 Å². The van der Waals surface area contributed by atoms with Crippen LogP contribution in [0.3, 0.4) is 0 Å². The average molecular weight is 423 g/mol. The van der Waals surface area contributed by atoms with Gasteiger partial charge in [-0.15, -0.1) is 22.7 Å². The molecule has 0 saturated heterocycles. The number of halogens is 1. The number of rotatable bonds is 8. The lowest BCUT2D eigenvalue weighted by Gasteiger charge is -2.04. The highest BCUT2D eigenvalue weighted by Crippen LogP contribution is 2.24. The summed E-state index contributed by atoms with van der Waals surface area (Å²) in [6.07, 6.45) is 0.226. The predicted molar refractivity (Wildman–Crippen MR) is 108 cm³/mol. The van der Waals surface area contributed by atoms with Gasteiger partial charge >= 0.3 is 0 Å². The quantitative estimate of drug-likeness (QED) is 0.422. The van der Waals surface area contributed by atoms with Crippen LogP contribution < -0.4 is 5.32 Å². The van der Waals surface area contributed by atoms with E-state index in [0.717, 1.165) is 20.5 Å². The van der Waals surface area contributed by atoms with Crippen LogP contribution in [0, 0.1) is 0 Å². The third-order valence-corrected chi connectivity index (χ3v) is 6.63. The smallest absolute Gasteiger partial charge is 0.226 e. The van der Waals surface area contributed by atoms with Gasteiger partial charge in [-0.1, -0.05) is 41.6 Å². The number of aromatic nitrogens is 1. The number of ketones is 1. The van der Waals surface area contributed by atoms with Gasteiger partial charge in [0.25, 0.3) is 0 Å². The Bertz CT molecular complexity index is 876. The van der Waals surface area contributed by atoms with E-state index in [9.17, 15) is 9.59 Å². The maximum absolute atomic E-state index is 12.1. The molecule has 1 aromatic carbocycles. The topological polar surface area (TPSA) is 59.1 Å². The first-order valence-corrected chi connectivity index (χ1v) is 10.9. The summed E-state index contributed by atoms with van der Waals surface area (Å²) in [5.41, 5.74) is 1.71. The van der Waals surface area contributed by atoms with Gasteiger partial charge in [-0.2, -0.15) is 0 Å². The molecule has 0 fully saturated rings. The largest absolute Gasteiger partial charge is 0.352 e. The van der Waals surface area contributed by atoms with Crippen LogP contribution in [0.4, 0.5) is 0 Å². The summed E-state index contributed by atoms with van der Waals surface area (Å²) in [4.78, 5) is 29.2. The van der Waals surface area contributed by atoms with Crippen LogP contribution in [0.25, 0.3) is 0 Å². The van der Waals surface area contributed by atoms with Crippen molar-refractivity contribution in [1.82, 2.24) is 10.3 Å². The molecule has 0 radical (unpaired) electrons. The van der Waals surface area contributed by atoms with Gasteiger partial charge in [-0.25, -0.2) is 4.98 Å². The first-order chi connectivity index (χ1) is 12.6. The number of carbonyl (C=O) groups is 2. The molecule has 1 N–H and O–H groups in total. The van der Waals surface area contributed by atoms with E-state index in [1.807, 2.05) is 35.0 Å². The normalized spacial score (nSPS) is 10.7. The van der Waals surface area contributed by atoms with Crippen molar-refractivity contribution in [3.05, 3.63) is 68.3 Å². The average Bonchev–Trinajstić information content (AvgIpc) is 3.31. The number of thioether (sulfide) groups is 1. The Labute approximate surface area is 168 Å². The molecule has 0 saturated carbocycles. The van der Waals surface area contributed by atoms with E-state index >= 15 is 0 Å². The van der Waals surface area contributed by atoms with Crippen LogP contribution >= 0.6 is 46.0 Å². The molecule has 2 heterocycles. The molecule has 0 atom stereocenters. The van der Waals surface area contributed by atoms with E-state index in [1.165, 1.54) is 34.4 Å². The predicted octanol–water partition coefficient (Wildman–Crippen LogP) is 4.69. The van der Waals surface area contributed by atoms with Crippen molar-refractivity contribution >= 4 is 57.7 Å². The van der Waals surface area contributed by atoms with Crippen molar-refractivity contribution in [3.63, 3.8) is 0 Å². The van der Waals surface area contributed by atoms with Crippen molar-refractivity contribution in [2.24, 2.45) is 0 Å². The Morgan fingerprint density at radius 1 is 1.15 bits per heavy atom. The van der Waals surface area contributed by atoms with Crippen molar-refractivity contribution < 1.29 is 9.59 Å². The molecule has 0 aliphatic heterocycles. The molecule has 1 amide bonds. The van der Waals surface area contributed by atoms with E-state index in [1.54, 1.807) is 12.1 Å². The SMILES string of the molecule is O=C(Cc1csc(SCC(=O)c2cccs2)n1)NCc1ccc(Cl)cc1. The van der Waals surface area contributed by atoms with E-state index < -0.39 is 0 Å². The second kappa shape index (κ2) is 9.32. The van der Waals surface area contributed by atoms with Crippen LogP contribution in [-0.4, -0.2) is 22.4 Å². The van der Waals surface area contributed by atoms with Crippen LogP contribution in [0.1, 0.15) is 20.9 Å². The van der Waals surface area contributed by atoms with E-state index in [4.69, 9.17) is 11.6 Å². The molecule has 3 rings (SSSR count). The zero-order chi connectivity index (χ0) is 18.4. The Morgan fingerprint density at radius 3 is 2.69 bits per heavy atom. The Kier molecular flexibility index (Phi) is 6.85. The first-order valence-electron chi connectivity index (χ1n) is 7.75. The minimum atomic E-state index is -0.0866. The number of nitrogens with one attached hydrogen (secondary N) is 1. The van der Waals surface area contributed by atoms with E-state index in [2.05, 4.69) is 10.3 Å². The summed E-state index contributed by atoms with van der Waals surface area (Å²) in [5.74, 6) is 0.370. The summed E-state index contributed by atoms with van der Waals surface area (Å²) in [6.45, 7) is 0.455. The van der Waals surface area contributed by atoms with Gasteiger partial charge in [0.15, 0.2) is 10.1 Å². The Morgan fingerprint density at radius 2 is 1.96 bits per heavy atom. The minimum Gasteiger partial charge on any atom is -0.352 e. The summed E-state index contributed by atoms with van der Waals surface area (Å²) in [7, 11) is 0. The Balaban J connectivity index is 1.44. The third kappa shape index (κ3) is 5.67. The molecule has 134 valence electrons. The number of hydrogen-bond acceptors (Lipinski definition) is 6. The van der Waals surface area contributed by atoms with Crippen molar-refractivity contribution in [2.45, 2.75) is 17.3 Å². The number of Topliss-reactive ketones (excluding diaryl/α,β-unsaturated/α-hetero) is 1. The zero-order valence-electron chi connectivity index (χ0n) is 13.6. The fourth-order valence-corrected chi connectivity index (χ4v) is 4.71. The number of thiazole rings is 1. The highest BCUT2D eigenvalue weighted by atomic mass is 35.5. The lowest BCUT2D eigenvalue weighted by Crippen LogP contribution is -2.24. The van der Waals surface area contributed by atoms with Gasteiger partial charge in [-0.05, 0) is 29.1 Å². The number of amides is 1. The molecule has 8 heteroatoms. The second-order valence-electron chi connectivity index (χ2n) is 5.37. The lowest BCUT2D eigenvalue weighted by atomic mass is 10.2. The molecule has 0 bridgehead atoms. The molecule has 0 aliphatic carbocycles. The van der Waals surface area contributed by atoms with Crippen molar-refractivity contribution in [3.8, 4) is 0 Å². The second-order valence-corrected chi connectivity index (χ2v) is 8.84. The molecule has 0 unspecified atom stereocenters. The fraction of sp³-hybridized carbons (Fsp3) is 0.167. The number of carbonyl (C=O) groups excluding carboxylic acids is 2. The zero-order valence-corrected chi connectivity index (χ0v) is 16.8. The standard InChI is InChI=1S/C18H15ClN2O2S3/c19-13-5-3-12(4-6-13)9-20-17(23)8-14-10-25-18(21-14)26-11-15(22)16-2-1-7-24-16/h1-7,10H,8-9,11H2,(H,20,23). The molecule has 0 spiro atoms. The van der Waals surface area contributed by atoms with Crippen molar-refractivity contribution in [1.29, 1.82) is 0 Å². The highest BCUT2D eigenvalue weighted by molar-refractivity contribution is 8.01. The number of nitrogens with zero attached hydrogens (tertiary/aromatic N) is 1. The van der Waals surface area contributed by atoms with Gasteiger partial charge in [0.05, 0.1) is 22.7 Å². The number of hydrogen-bond donors (Lipinski definition) is 1. The Hall–Kier alpha value is -1.67. The molecular weight excluding hydrogens is 408 g/mol. The van der Waals surface area contributed by atoms with Gasteiger partial charge in [0, 0.05) is 16.9 Å². The van der Waals surface area contributed by atoms with Crippen LogP contribution in [0.2, 0.25) is 5.02 Å². The number of benzene rings is 1. The van der Waals surface area contributed by atoms with Crippen LogP contribution in [0.5, 0.6) is 0 Å². The van der Waals surface area contributed by atoms with Gasteiger partial charge in [0.1, 0.15) is 0 Å². The molecule has 26 heavy (non-hydrogen) atoms. The van der Waals surface area contributed by atoms with Gasteiger partial charge in [0.2, 0.25) is 5.91 Å². The van der Waals surface area contributed by atoms with Gasteiger partial charge in [-0.3, -0.25) is 9.59 Å². The monoisotopic (exact) mass is 422 g/mol. The molecule has 3 aromatic rings. The van der Waals surface area contributed by atoms with Crippen LogP contribution in [0.15, 0.2) is 51.5 Å². The minimum absolute atomic E-state index is 0.0866. The summed E-state index contributed by atoms with van der Waals surface area (Å²) < 4.78 is 0.801. The first kappa shape index (κ1) is 19.1. The summed E-state index contributed by atoms with van der Waals surface area (Å²) in [6, 6.07) is 11.0. The molecule has 0 aliphatic rings. The van der Waals surface area contributed by atoms with Crippen molar-refractivity contribution in [2.75, 3.05) is 5.75 Å². The molecule has 4 nitrogen and oxygen atoms in total. The summed E-state index contributed by atoms with van der Waals surface area (Å²) in [5, 5.41) is 7.29. The van der Waals surface area contributed by atoms with E-state index in [-0.39, 0.29) is 18.1 Å². The lowest BCUT2D eigenvalue weighted by molar-refractivity contribution is -0.120. The maximum Gasteiger partial charge on any atom is 0.226 e. The third-order valence-electron chi connectivity index (χ3n) is 3.40.